The summed E-state index contributed by atoms with van der Waals surface area (Å²) in [4.78, 5) is 0. The van der Waals surface area contributed by atoms with Crippen LogP contribution in [-0.2, 0) is 6.54 Å². The smallest absolute Gasteiger partial charge is 0.143 e. The van der Waals surface area contributed by atoms with Gasteiger partial charge < -0.3 is 11.6 Å². The van der Waals surface area contributed by atoms with Crippen molar-refractivity contribution in [1.82, 2.24) is 4.68 Å². The number of nitrogen functional groups attached to an aromatic ring is 1. The Labute approximate surface area is 58.6 Å². The van der Waals surface area contributed by atoms with E-state index in [4.69, 9.17) is 17.0 Å². The molecule has 1 aromatic rings. The van der Waals surface area contributed by atoms with Gasteiger partial charge in [0.15, 0.2) is 0 Å². The van der Waals surface area contributed by atoms with E-state index in [0.717, 1.165) is 5.56 Å². The van der Waals surface area contributed by atoms with Gasteiger partial charge in [-0.3, -0.25) is 10.1 Å². The average molecular weight is 138 g/mol. The number of pyridine rings is 1. The Morgan fingerprint density at radius 1 is 1.60 bits per heavy atom. The summed E-state index contributed by atoms with van der Waals surface area (Å²) in [7, 11) is 0. The molecule has 54 valence electrons. The third kappa shape index (κ3) is 1.16. The normalized spacial score (nSPS) is 9.70. The molecule has 1 rings (SSSR count). The fourth-order valence-corrected chi connectivity index (χ4v) is 0.682. The molecule has 4 heteroatoms. The monoisotopic (exact) mass is 138 g/mol. The summed E-state index contributed by atoms with van der Waals surface area (Å²) in [5.74, 6) is 5.33. The number of nitrogens with two attached hydrogens (primary N) is 2. The predicted octanol–water partition coefficient (Wildman–Crippen LogP) is -0.860. The lowest BCUT2D eigenvalue weighted by atomic mass is 10.3. The first kappa shape index (κ1) is 6.82. The number of rotatable bonds is 1. The SMILES string of the molecule is N=c1cc(CN)ccn1N. The van der Waals surface area contributed by atoms with E-state index in [1.165, 1.54) is 4.68 Å². The van der Waals surface area contributed by atoms with Gasteiger partial charge in [-0.1, -0.05) is 0 Å². The van der Waals surface area contributed by atoms with Gasteiger partial charge in [0.2, 0.25) is 0 Å². The van der Waals surface area contributed by atoms with Crippen LogP contribution >= 0.6 is 0 Å². The maximum atomic E-state index is 7.25. The van der Waals surface area contributed by atoms with Crippen LogP contribution in [0.2, 0.25) is 0 Å². The Morgan fingerprint density at radius 3 is 2.80 bits per heavy atom. The molecular formula is C6H10N4. The minimum absolute atomic E-state index is 0.267. The first-order chi connectivity index (χ1) is 4.74. The summed E-state index contributed by atoms with van der Waals surface area (Å²) in [5, 5.41) is 7.25. The highest BCUT2D eigenvalue weighted by molar-refractivity contribution is 5.09. The molecule has 0 saturated heterocycles. The largest absolute Gasteiger partial charge is 0.338 e. The number of aromatic nitrogens is 1. The van der Waals surface area contributed by atoms with Crippen molar-refractivity contribution >= 4 is 0 Å². The van der Waals surface area contributed by atoms with Gasteiger partial charge in [0.05, 0.1) is 0 Å². The first-order valence-corrected chi connectivity index (χ1v) is 2.95. The van der Waals surface area contributed by atoms with Crippen molar-refractivity contribution in [3.8, 4) is 0 Å². The van der Waals surface area contributed by atoms with E-state index in [0.29, 0.717) is 6.54 Å². The van der Waals surface area contributed by atoms with Gasteiger partial charge in [0.25, 0.3) is 0 Å². The van der Waals surface area contributed by atoms with E-state index in [9.17, 15) is 0 Å². The van der Waals surface area contributed by atoms with Crippen LogP contribution in [0.1, 0.15) is 5.56 Å². The predicted molar refractivity (Wildman–Crippen MR) is 38.3 cm³/mol. The second-order valence-electron chi connectivity index (χ2n) is 2.03. The zero-order valence-corrected chi connectivity index (χ0v) is 5.54. The molecule has 0 atom stereocenters. The van der Waals surface area contributed by atoms with E-state index in [2.05, 4.69) is 0 Å². The molecule has 0 amide bonds. The molecule has 1 heterocycles. The van der Waals surface area contributed by atoms with E-state index in [1.807, 2.05) is 0 Å². The highest BCUT2D eigenvalue weighted by Gasteiger charge is 1.88. The van der Waals surface area contributed by atoms with Gasteiger partial charge in [-0.25, -0.2) is 0 Å². The highest BCUT2D eigenvalue weighted by Crippen LogP contribution is 1.88. The van der Waals surface area contributed by atoms with Crippen LogP contribution in [0.25, 0.3) is 0 Å². The van der Waals surface area contributed by atoms with Crippen LogP contribution in [0.15, 0.2) is 18.3 Å². The molecule has 4 nitrogen and oxygen atoms in total. The minimum Gasteiger partial charge on any atom is -0.338 e. The molecule has 0 radical (unpaired) electrons. The first-order valence-electron chi connectivity index (χ1n) is 2.95. The van der Waals surface area contributed by atoms with E-state index in [-0.39, 0.29) is 5.49 Å². The van der Waals surface area contributed by atoms with Gasteiger partial charge in [-0.05, 0) is 17.7 Å². The van der Waals surface area contributed by atoms with Crippen LogP contribution in [0.5, 0.6) is 0 Å². The molecule has 5 N–H and O–H groups in total. The molecule has 0 unspecified atom stereocenters. The third-order valence-electron chi connectivity index (χ3n) is 1.29. The average Bonchev–Trinajstić information content (AvgIpc) is 1.95. The van der Waals surface area contributed by atoms with E-state index < -0.39 is 0 Å². The molecule has 0 aromatic carbocycles. The zero-order valence-electron chi connectivity index (χ0n) is 5.54. The Morgan fingerprint density at radius 2 is 2.30 bits per heavy atom. The number of nitrogens with one attached hydrogen (secondary N) is 1. The summed E-state index contributed by atoms with van der Waals surface area (Å²) >= 11 is 0. The molecule has 0 aliphatic rings. The second kappa shape index (κ2) is 2.53. The van der Waals surface area contributed by atoms with Crippen molar-refractivity contribution in [2.45, 2.75) is 6.54 Å². The van der Waals surface area contributed by atoms with Crippen molar-refractivity contribution in [2.24, 2.45) is 5.73 Å². The van der Waals surface area contributed by atoms with Gasteiger partial charge >= 0.3 is 0 Å². The molecule has 10 heavy (non-hydrogen) atoms. The molecule has 0 bridgehead atoms. The molecule has 0 aliphatic carbocycles. The summed E-state index contributed by atoms with van der Waals surface area (Å²) in [5.41, 5.74) is 6.52. The third-order valence-corrected chi connectivity index (χ3v) is 1.29. The molecule has 0 fully saturated rings. The maximum Gasteiger partial charge on any atom is 0.143 e. The van der Waals surface area contributed by atoms with Crippen LogP contribution in [0, 0.1) is 5.41 Å². The summed E-state index contributed by atoms with van der Waals surface area (Å²) in [6.45, 7) is 0.451. The summed E-state index contributed by atoms with van der Waals surface area (Å²) in [6.07, 6.45) is 1.62. The van der Waals surface area contributed by atoms with Crippen LogP contribution in [0.3, 0.4) is 0 Å². The minimum atomic E-state index is 0.267. The lowest BCUT2D eigenvalue weighted by Gasteiger charge is -1.99. The fraction of sp³-hybridized carbons (Fsp3) is 0.167. The lowest BCUT2D eigenvalue weighted by molar-refractivity contribution is 0.864. The number of hydrogen-bond donors (Lipinski definition) is 3. The Kier molecular flexibility index (Phi) is 1.73. The second-order valence-corrected chi connectivity index (χ2v) is 2.03. The Hall–Kier alpha value is -1.29. The summed E-state index contributed by atoms with van der Waals surface area (Å²) in [6, 6.07) is 3.43. The Balaban J connectivity index is 3.17. The van der Waals surface area contributed by atoms with E-state index >= 15 is 0 Å². The van der Waals surface area contributed by atoms with Gasteiger partial charge in [0, 0.05) is 12.7 Å². The number of hydrogen-bond acceptors (Lipinski definition) is 3. The van der Waals surface area contributed by atoms with Crippen molar-refractivity contribution in [3.63, 3.8) is 0 Å². The summed E-state index contributed by atoms with van der Waals surface area (Å²) < 4.78 is 1.24. The van der Waals surface area contributed by atoms with Crippen molar-refractivity contribution in [2.75, 3.05) is 5.84 Å². The molecular weight excluding hydrogens is 128 g/mol. The van der Waals surface area contributed by atoms with Crippen molar-refractivity contribution in [3.05, 3.63) is 29.4 Å². The van der Waals surface area contributed by atoms with Gasteiger partial charge in [-0.15, -0.1) is 0 Å². The molecule has 0 saturated carbocycles. The van der Waals surface area contributed by atoms with Gasteiger partial charge in [-0.2, -0.15) is 0 Å². The van der Waals surface area contributed by atoms with E-state index in [1.54, 1.807) is 18.3 Å². The van der Waals surface area contributed by atoms with Crippen LogP contribution < -0.4 is 17.1 Å². The quantitative estimate of drug-likeness (QED) is 0.441. The van der Waals surface area contributed by atoms with Crippen molar-refractivity contribution in [1.29, 1.82) is 5.41 Å². The topological polar surface area (TPSA) is 80.8 Å². The highest BCUT2D eigenvalue weighted by atomic mass is 15.3. The standard InChI is InChI=1S/C6H10N4/c7-4-5-1-2-10(9)6(8)3-5/h1-3,8H,4,7,9H2. The van der Waals surface area contributed by atoms with Gasteiger partial charge in [0.1, 0.15) is 5.49 Å². The number of nitrogens with zero attached hydrogens (tertiary/aromatic N) is 1. The molecule has 1 aromatic heterocycles. The van der Waals surface area contributed by atoms with Crippen molar-refractivity contribution < 1.29 is 0 Å². The fourth-order valence-electron chi connectivity index (χ4n) is 0.682. The lowest BCUT2D eigenvalue weighted by Crippen LogP contribution is -2.26. The molecule has 0 aliphatic heterocycles. The molecule has 0 spiro atoms. The van der Waals surface area contributed by atoms with Crippen LogP contribution in [0.4, 0.5) is 0 Å². The Bertz CT molecular complexity index is 275. The zero-order chi connectivity index (χ0) is 7.56. The maximum absolute atomic E-state index is 7.25. The van der Waals surface area contributed by atoms with Crippen LogP contribution in [-0.4, -0.2) is 4.68 Å².